The van der Waals surface area contributed by atoms with Gasteiger partial charge in [0, 0.05) is 94.7 Å². The number of rotatable bonds is 12. The molecule has 4 saturated heterocycles. The number of aromatic nitrogens is 2. The first-order valence-corrected chi connectivity index (χ1v) is 25.7. The van der Waals surface area contributed by atoms with E-state index >= 15 is 0 Å². The van der Waals surface area contributed by atoms with E-state index in [4.69, 9.17) is 25.5 Å². The van der Waals surface area contributed by atoms with Gasteiger partial charge >= 0.3 is 12.1 Å². The van der Waals surface area contributed by atoms with Crippen molar-refractivity contribution in [1.82, 2.24) is 29.8 Å². The molecule has 6 amide bonds. The molecule has 7 heterocycles. The number of ether oxygens (including phenoxy) is 1. The second-order valence-corrected chi connectivity index (χ2v) is 20.2. The summed E-state index contributed by atoms with van der Waals surface area (Å²) in [7, 11) is 0. The summed E-state index contributed by atoms with van der Waals surface area (Å²) in [5, 5.41) is 17.8. The number of nitrogens with zero attached hydrogens (tertiary/aromatic N) is 7. The van der Waals surface area contributed by atoms with Gasteiger partial charge in [-0.1, -0.05) is 30.3 Å². The second-order valence-electron chi connectivity index (χ2n) is 20.2. The molecule has 5 N–H and O–H groups in total. The van der Waals surface area contributed by atoms with E-state index in [-0.39, 0.29) is 24.8 Å². The summed E-state index contributed by atoms with van der Waals surface area (Å²) in [6, 6.07) is 29.9. The van der Waals surface area contributed by atoms with Gasteiger partial charge in [0.25, 0.3) is 17.7 Å². The molecule has 1 aromatic heterocycles. The number of hydrogen-bond acceptors (Lipinski definition) is 13. The number of hydrogen-bond donors (Lipinski definition) is 4. The molecule has 0 spiro atoms. The van der Waals surface area contributed by atoms with Crippen LogP contribution in [0.4, 0.5) is 30.4 Å². The van der Waals surface area contributed by atoms with Crippen LogP contribution in [0, 0.1) is 11.8 Å². The first-order chi connectivity index (χ1) is 37.0. The lowest BCUT2D eigenvalue weighted by atomic mass is 9.86. The van der Waals surface area contributed by atoms with Crippen molar-refractivity contribution < 1.29 is 56.6 Å². The van der Waals surface area contributed by atoms with Gasteiger partial charge in [0.2, 0.25) is 17.7 Å². The fourth-order valence-corrected chi connectivity index (χ4v) is 11.2. The van der Waals surface area contributed by atoms with Crippen LogP contribution in [0.15, 0.2) is 97.1 Å². The predicted molar refractivity (Wildman–Crippen MR) is 275 cm³/mol. The number of primary amides is 1. The van der Waals surface area contributed by atoms with Crippen molar-refractivity contribution in [3.63, 3.8) is 0 Å². The lowest BCUT2D eigenvalue weighted by Gasteiger charge is -2.45. The fraction of sp³-hybridized carbons (Fsp3) is 0.382. The largest absolute Gasteiger partial charge is 0.490 e. The molecule has 6 aliphatic heterocycles. The number of amides is 6. The van der Waals surface area contributed by atoms with E-state index in [2.05, 4.69) is 49.6 Å². The van der Waals surface area contributed by atoms with Crippen molar-refractivity contribution in [3.8, 4) is 22.8 Å². The van der Waals surface area contributed by atoms with Crippen molar-refractivity contribution in [1.29, 1.82) is 0 Å². The lowest BCUT2D eigenvalue weighted by Crippen LogP contribution is -2.55. The average Bonchev–Trinajstić information content (AvgIpc) is 4.08. The van der Waals surface area contributed by atoms with Gasteiger partial charge in [-0.25, -0.2) is 9.48 Å². The number of fused-ring (bicyclic) bond motifs is 2. The van der Waals surface area contributed by atoms with Crippen LogP contribution in [0.25, 0.3) is 11.3 Å². The van der Waals surface area contributed by atoms with Gasteiger partial charge in [0.15, 0.2) is 0 Å². The fourth-order valence-electron chi connectivity index (χ4n) is 11.2. The molecular formula is C55H57F3N10O9. The summed E-state index contributed by atoms with van der Waals surface area (Å²) in [6.45, 7) is 8.35. The number of para-hydroxylation sites is 1. The van der Waals surface area contributed by atoms with Crippen LogP contribution in [-0.2, 0) is 25.6 Å². The molecule has 0 bridgehead atoms. The molecule has 402 valence electrons. The number of carboxylic acids is 1. The van der Waals surface area contributed by atoms with Crippen LogP contribution < -0.4 is 30.9 Å². The molecule has 5 aromatic rings. The number of carbonyl (C=O) groups is 7. The Morgan fingerprint density at radius 1 is 0.753 bits per heavy atom. The number of carboxylic acid groups (broad SMARTS) is 1. The molecule has 1 unspecified atom stereocenters. The van der Waals surface area contributed by atoms with Gasteiger partial charge in [-0.15, -0.1) is 0 Å². The lowest BCUT2D eigenvalue weighted by molar-refractivity contribution is -0.192. The number of nitrogens with two attached hydrogens (primary N) is 1. The molecule has 77 heavy (non-hydrogen) atoms. The number of aliphatic carboxylic acids is 1. The molecule has 4 fully saturated rings. The van der Waals surface area contributed by atoms with Crippen LogP contribution in [0.5, 0.6) is 11.5 Å². The van der Waals surface area contributed by atoms with E-state index in [1.165, 1.54) is 0 Å². The van der Waals surface area contributed by atoms with Crippen molar-refractivity contribution in [2.75, 3.05) is 80.6 Å². The van der Waals surface area contributed by atoms with Gasteiger partial charge in [0.1, 0.15) is 34.6 Å². The number of piperidine rings is 2. The number of piperazine rings is 1. The molecular weight excluding hydrogens is 1000 g/mol. The Balaban J connectivity index is 0.000000900. The Morgan fingerprint density at radius 2 is 1.40 bits per heavy atom. The molecule has 6 aliphatic rings. The second kappa shape index (κ2) is 21.8. The maximum atomic E-state index is 13.6. The Hall–Kier alpha value is -8.27. The van der Waals surface area contributed by atoms with Crippen LogP contribution in [-0.4, -0.2) is 149 Å². The summed E-state index contributed by atoms with van der Waals surface area (Å²) < 4.78 is 39.7. The van der Waals surface area contributed by atoms with Gasteiger partial charge in [-0.3, -0.25) is 43.9 Å². The third kappa shape index (κ3) is 11.2. The predicted octanol–water partition coefficient (Wildman–Crippen LogP) is 5.57. The van der Waals surface area contributed by atoms with E-state index in [0.29, 0.717) is 71.8 Å². The van der Waals surface area contributed by atoms with Crippen molar-refractivity contribution in [2.45, 2.75) is 56.8 Å². The molecule has 0 saturated carbocycles. The molecule has 0 radical (unpaired) electrons. The summed E-state index contributed by atoms with van der Waals surface area (Å²) in [4.78, 5) is 96.1. The van der Waals surface area contributed by atoms with E-state index in [0.717, 1.165) is 98.2 Å². The standard InChI is InChI=1S/C53H56N10O7.C2HF3O2/c54-49(66)47-48(36-8-13-40(14-9-36)70-39-4-2-1-3-5-39)57-63-43(18-21-55-50(47)63)35-19-22-60(23-20-35)46(65)28-33-6-10-37(11-7-33)61-31-34(32-61)30-58-24-26-59(27-25-58)38-12-15-41-42(29-38)53(69)62(52(41)68)44-16-17-45(64)56-51(44)67;3-2(4,5)1(6)7/h1-15,29,34-35,43-44,55H,16-28,30-32H2,(H2,54,66)(H,56,64,67);(H,6,7)/t43-,44?;/m0./s1. The third-order valence-corrected chi connectivity index (χ3v) is 15.3. The molecule has 11 rings (SSSR count). The van der Waals surface area contributed by atoms with Gasteiger partial charge in [-0.2, -0.15) is 18.3 Å². The maximum absolute atomic E-state index is 13.6. The zero-order valence-corrected chi connectivity index (χ0v) is 41.9. The number of anilines is 3. The maximum Gasteiger partial charge on any atom is 0.490 e. The zero-order valence-electron chi connectivity index (χ0n) is 41.9. The van der Waals surface area contributed by atoms with E-state index in [1.54, 1.807) is 12.1 Å². The van der Waals surface area contributed by atoms with Crippen molar-refractivity contribution in [3.05, 3.63) is 119 Å². The highest BCUT2D eigenvalue weighted by atomic mass is 19.4. The SMILES string of the molecule is NC(=O)c1c(-c2ccc(Oc3ccccc3)cc2)nn2c1NCC[C@H]2C1CCN(C(=O)Cc2ccc(N3CC(CN4CCN(c5ccc6c(c5)C(=O)N(C5CCC(=O)NC5=O)C6=O)CC4)C3)cc2)CC1.O=C(O)C(F)(F)F. The number of imide groups is 2. The number of nitrogens with one attached hydrogen (secondary N) is 2. The molecule has 19 nitrogen and oxygen atoms in total. The first-order valence-electron chi connectivity index (χ1n) is 25.7. The van der Waals surface area contributed by atoms with Crippen molar-refractivity contribution >= 4 is 58.6 Å². The minimum absolute atomic E-state index is 0.0779. The van der Waals surface area contributed by atoms with Crippen LogP contribution in [0.1, 0.15) is 74.8 Å². The Morgan fingerprint density at radius 3 is 2.05 bits per heavy atom. The molecule has 22 heteroatoms. The number of carbonyl (C=O) groups excluding carboxylic acids is 6. The summed E-state index contributed by atoms with van der Waals surface area (Å²) in [6.07, 6.45) is -1.95. The van der Waals surface area contributed by atoms with E-state index in [1.807, 2.05) is 70.2 Å². The smallest absolute Gasteiger partial charge is 0.475 e. The Kier molecular flexibility index (Phi) is 14.7. The third-order valence-electron chi connectivity index (χ3n) is 15.3. The van der Waals surface area contributed by atoms with Crippen LogP contribution in [0.3, 0.4) is 0 Å². The number of benzene rings is 4. The van der Waals surface area contributed by atoms with Gasteiger partial charge in [0.05, 0.1) is 23.6 Å². The highest BCUT2D eigenvalue weighted by molar-refractivity contribution is 6.23. The minimum Gasteiger partial charge on any atom is -0.475 e. The highest BCUT2D eigenvalue weighted by Crippen LogP contribution is 2.41. The Labute approximate surface area is 440 Å². The first kappa shape index (κ1) is 52.2. The number of alkyl halides is 3. The quantitative estimate of drug-likeness (QED) is 0.112. The Bertz CT molecular complexity index is 3080. The summed E-state index contributed by atoms with van der Waals surface area (Å²) in [5.74, 6) is -2.22. The summed E-state index contributed by atoms with van der Waals surface area (Å²) >= 11 is 0. The topological polar surface area (TPSA) is 233 Å². The zero-order chi connectivity index (χ0) is 54.1. The molecule has 4 aromatic carbocycles. The van der Waals surface area contributed by atoms with Gasteiger partial charge < -0.3 is 35.6 Å². The monoisotopic (exact) mass is 1060 g/mol. The van der Waals surface area contributed by atoms with Crippen molar-refractivity contribution in [2.24, 2.45) is 17.6 Å². The number of likely N-dealkylation sites (tertiary alicyclic amines) is 1. The highest BCUT2D eigenvalue weighted by Gasteiger charge is 2.45. The minimum atomic E-state index is -5.08. The average molecular weight is 1060 g/mol. The number of halogens is 3. The van der Waals surface area contributed by atoms with Gasteiger partial charge in [-0.05, 0) is 104 Å². The normalized spacial score (nSPS) is 20.1. The van der Waals surface area contributed by atoms with E-state index < -0.39 is 47.7 Å². The van der Waals surface area contributed by atoms with Crippen LogP contribution in [0.2, 0.25) is 0 Å². The van der Waals surface area contributed by atoms with Crippen LogP contribution >= 0.6 is 0 Å². The molecule has 0 aliphatic carbocycles. The molecule has 2 atom stereocenters. The van der Waals surface area contributed by atoms with E-state index in [9.17, 15) is 41.9 Å². The summed E-state index contributed by atoms with van der Waals surface area (Å²) in [5.41, 5.74) is 11.3.